The van der Waals surface area contributed by atoms with Crippen molar-refractivity contribution in [1.82, 2.24) is 14.8 Å². The molecular weight excluding hydrogens is 442 g/mol. The second-order valence-electron chi connectivity index (χ2n) is 7.45. The normalized spacial score (nSPS) is 11.5. The number of halogens is 4. The summed E-state index contributed by atoms with van der Waals surface area (Å²) in [7, 11) is 0. The molecular formula is C23H23F4N3O3. The van der Waals surface area contributed by atoms with Crippen molar-refractivity contribution in [2.75, 3.05) is 6.61 Å². The maximum absolute atomic E-state index is 14.1. The Kier molecular flexibility index (Phi) is 7.67. The van der Waals surface area contributed by atoms with Crippen LogP contribution in [0.2, 0.25) is 0 Å². The maximum atomic E-state index is 14.1. The first kappa shape index (κ1) is 24.2. The molecule has 0 aliphatic carbocycles. The van der Waals surface area contributed by atoms with E-state index in [-0.39, 0.29) is 30.2 Å². The minimum Gasteiger partial charge on any atom is -0.490 e. The van der Waals surface area contributed by atoms with Crippen molar-refractivity contribution in [3.63, 3.8) is 0 Å². The largest absolute Gasteiger partial charge is 0.490 e. The van der Waals surface area contributed by atoms with Crippen LogP contribution in [-0.4, -0.2) is 32.4 Å². The number of hydrogen-bond donors (Lipinski definition) is 1. The van der Waals surface area contributed by atoms with Crippen LogP contribution < -0.4 is 4.74 Å². The van der Waals surface area contributed by atoms with E-state index < -0.39 is 23.5 Å². The molecule has 3 rings (SSSR count). The Hall–Kier alpha value is -3.43. The number of hydrogen-bond acceptors (Lipinski definition) is 4. The summed E-state index contributed by atoms with van der Waals surface area (Å²) in [5.74, 6) is -1.51. The first-order valence-electron chi connectivity index (χ1n) is 10.4. The van der Waals surface area contributed by atoms with Crippen molar-refractivity contribution >= 4 is 5.97 Å². The van der Waals surface area contributed by atoms with Gasteiger partial charge in [-0.25, -0.2) is 14.1 Å². The van der Waals surface area contributed by atoms with Gasteiger partial charge in [-0.1, -0.05) is 25.5 Å². The van der Waals surface area contributed by atoms with Crippen LogP contribution in [0.4, 0.5) is 17.6 Å². The van der Waals surface area contributed by atoms with Gasteiger partial charge in [-0.3, -0.25) is 4.79 Å². The van der Waals surface area contributed by atoms with Crippen LogP contribution in [0, 0.1) is 5.82 Å². The lowest BCUT2D eigenvalue weighted by molar-refractivity contribution is -0.138. The van der Waals surface area contributed by atoms with Gasteiger partial charge in [-0.2, -0.15) is 18.3 Å². The van der Waals surface area contributed by atoms with Crippen LogP contribution in [0.15, 0.2) is 42.7 Å². The van der Waals surface area contributed by atoms with Gasteiger partial charge in [0.1, 0.15) is 0 Å². The number of benzene rings is 1. The zero-order valence-corrected chi connectivity index (χ0v) is 17.9. The first-order chi connectivity index (χ1) is 15.7. The number of carboxylic acid groups (broad SMARTS) is 1. The number of nitrogens with zero attached hydrogens (tertiary/aromatic N) is 3. The smallest absolute Gasteiger partial charge is 0.417 e. The van der Waals surface area contributed by atoms with Gasteiger partial charge in [-0.15, -0.1) is 0 Å². The highest BCUT2D eigenvalue weighted by Gasteiger charge is 2.30. The fourth-order valence-corrected chi connectivity index (χ4v) is 3.36. The van der Waals surface area contributed by atoms with E-state index in [1.165, 1.54) is 28.9 Å². The minimum absolute atomic E-state index is 0.0710. The molecule has 1 aromatic carbocycles. The van der Waals surface area contributed by atoms with E-state index in [4.69, 9.17) is 9.84 Å². The number of pyridine rings is 1. The Morgan fingerprint density at radius 2 is 1.94 bits per heavy atom. The molecule has 0 aliphatic heterocycles. The monoisotopic (exact) mass is 465 g/mol. The summed E-state index contributed by atoms with van der Waals surface area (Å²) in [5, 5.41) is 13.5. The molecule has 2 aromatic heterocycles. The molecule has 0 saturated heterocycles. The maximum Gasteiger partial charge on any atom is 0.417 e. The molecule has 0 aliphatic rings. The molecule has 0 atom stereocenters. The lowest BCUT2D eigenvalue weighted by Crippen LogP contribution is -2.07. The molecule has 33 heavy (non-hydrogen) atoms. The SMILES string of the molecule is CCCc1nn(-c2ccc(C(F)(F)F)cn2)cc1CCCOc1c(F)cccc1CC(=O)O. The van der Waals surface area contributed by atoms with Gasteiger partial charge in [0.05, 0.1) is 24.3 Å². The van der Waals surface area contributed by atoms with E-state index in [2.05, 4.69) is 10.1 Å². The zero-order valence-electron chi connectivity index (χ0n) is 17.9. The lowest BCUT2D eigenvalue weighted by Gasteiger charge is -2.11. The average molecular weight is 465 g/mol. The quantitative estimate of drug-likeness (QED) is 0.336. The zero-order chi connectivity index (χ0) is 24.0. The molecule has 0 unspecified atom stereocenters. The number of aliphatic carboxylic acids is 1. The molecule has 3 aromatic rings. The van der Waals surface area contributed by atoms with Crippen LogP contribution in [0.5, 0.6) is 5.75 Å². The van der Waals surface area contributed by atoms with Crippen molar-refractivity contribution in [2.45, 2.75) is 45.2 Å². The van der Waals surface area contributed by atoms with Crippen molar-refractivity contribution in [2.24, 2.45) is 0 Å². The predicted molar refractivity (Wildman–Crippen MR) is 112 cm³/mol. The Morgan fingerprint density at radius 3 is 2.58 bits per heavy atom. The number of alkyl halides is 3. The molecule has 0 fully saturated rings. The number of aryl methyl sites for hydroxylation is 2. The third kappa shape index (κ3) is 6.30. The van der Waals surface area contributed by atoms with E-state index in [0.29, 0.717) is 19.3 Å². The molecule has 10 heteroatoms. The van der Waals surface area contributed by atoms with Gasteiger partial charge >= 0.3 is 12.1 Å². The highest BCUT2D eigenvalue weighted by Crippen LogP contribution is 2.29. The lowest BCUT2D eigenvalue weighted by atomic mass is 10.1. The topological polar surface area (TPSA) is 77.2 Å². The third-order valence-electron chi connectivity index (χ3n) is 4.90. The Balaban J connectivity index is 1.68. The summed E-state index contributed by atoms with van der Waals surface area (Å²) in [6.45, 7) is 2.15. The minimum atomic E-state index is -4.46. The van der Waals surface area contributed by atoms with Crippen LogP contribution in [0.3, 0.4) is 0 Å². The summed E-state index contributed by atoms with van der Waals surface area (Å²) in [5.41, 5.74) is 1.12. The van der Waals surface area contributed by atoms with Crippen molar-refractivity contribution < 1.29 is 32.2 Å². The summed E-state index contributed by atoms with van der Waals surface area (Å²) < 4.78 is 59.4. The molecule has 0 spiro atoms. The molecule has 6 nitrogen and oxygen atoms in total. The van der Waals surface area contributed by atoms with Gasteiger partial charge in [0.15, 0.2) is 17.4 Å². The van der Waals surface area contributed by atoms with Gasteiger partial charge < -0.3 is 9.84 Å². The molecule has 0 amide bonds. The van der Waals surface area contributed by atoms with E-state index in [0.717, 1.165) is 29.9 Å². The third-order valence-corrected chi connectivity index (χ3v) is 4.90. The van der Waals surface area contributed by atoms with E-state index in [1.807, 2.05) is 6.92 Å². The highest BCUT2D eigenvalue weighted by molar-refractivity contribution is 5.71. The standard InChI is InChI=1S/C23H23F4N3O3/c1-2-5-19-16(14-30(29-19)20-10-9-17(13-28-20)23(25,26)27)7-4-11-33-22-15(12-21(31)32)6-3-8-18(22)24/h3,6,8-10,13-14H,2,4-5,7,11-12H2,1H3,(H,31,32). The van der Waals surface area contributed by atoms with Gasteiger partial charge in [0, 0.05) is 18.0 Å². The average Bonchev–Trinajstić information content (AvgIpc) is 3.15. The summed E-state index contributed by atoms with van der Waals surface area (Å²) in [4.78, 5) is 14.9. The first-order valence-corrected chi connectivity index (χ1v) is 10.4. The van der Waals surface area contributed by atoms with E-state index in [9.17, 15) is 22.4 Å². The predicted octanol–water partition coefficient (Wildman–Crippen LogP) is 5.02. The number of aromatic nitrogens is 3. The summed E-state index contributed by atoms with van der Waals surface area (Å²) in [6, 6.07) is 6.37. The van der Waals surface area contributed by atoms with Crippen molar-refractivity contribution in [3.05, 3.63) is 70.9 Å². The Labute approximate surface area is 187 Å². The van der Waals surface area contributed by atoms with E-state index >= 15 is 0 Å². The van der Waals surface area contributed by atoms with Crippen LogP contribution in [0.1, 0.15) is 42.1 Å². The number of rotatable bonds is 10. The van der Waals surface area contributed by atoms with Crippen molar-refractivity contribution in [1.29, 1.82) is 0 Å². The second-order valence-corrected chi connectivity index (χ2v) is 7.45. The molecule has 0 radical (unpaired) electrons. The van der Waals surface area contributed by atoms with Crippen molar-refractivity contribution in [3.8, 4) is 11.6 Å². The Morgan fingerprint density at radius 1 is 1.15 bits per heavy atom. The molecule has 1 N–H and O–H groups in total. The molecule has 0 bridgehead atoms. The van der Waals surface area contributed by atoms with Gasteiger partial charge in [-0.05, 0) is 43.0 Å². The van der Waals surface area contributed by atoms with E-state index in [1.54, 1.807) is 6.20 Å². The fraction of sp³-hybridized carbons (Fsp3) is 0.348. The number of para-hydroxylation sites is 1. The van der Waals surface area contributed by atoms with Crippen LogP contribution in [-0.2, 0) is 30.2 Å². The van der Waals surface area contributed by atoms with Crippen LogP contribution in [0.25, 0.3) is 5.82 Å². The Bertz CT molecular complexity index is 1100. The highest BCUT2D eigenvalue weighted by atomic mass is 19.4. The number of ether oxygens (including phenoxy) is 1. The second kappa shape index (κ2) is 10.5. The summed E-state index contributed by atoms with van der Waals surface area (Å²) in [6.07, 6.45) is 0.237. The molecule has 2 heterocycles. The van der Waals surface area contributed by atoms with Gasteiger partial charge in [0.25, 0.3) is 0 Å². The fourth-order valence-electron chi connectivity index (χ4n) is 3.36. The summed E-state index contributed by atoms with van der Waals surface area (Å²) >= 11 is 0. The molecule has 0 saturated carbocycles. The van der Waals surface area contributed by atoms with Crippen LogP contribution >= 0.6 is 0 Å². The number of carboxylic acids is 1. The molecule has 176 valence electrons. The van der Waals surface area contributed by atoms with Gasteiger partial charge in [0.2, 0.25) is 0 Å². The number of carbonyl (C=O) groups is 1.